The van der Waals surface area contributed by atoms with Gasteiger partial charge >= 0.3 is 0 Å². The SMILES string of the molecule is CCCC(=O)N(Cc1cccc(C)c1)[C@@H](C)C(=O)NCC(C)C. The first-order valence-electron chi connectivity index (χ1n) is 8.47. The molecule has 128 valence electrons. The van der Waals surface area contributed by atoms with Crippen LogP contribution in [-0.4, -0.2) is 29.3 Å². The molecule has 0 unspecified atom stereocenters. The van der Waals surface area contributed by atoms with Gasteiger partial charge in [-0.2, -0.15) is 0 Å². The summed E-state index contributed by atoms with van der Waals surface area (Å²) in [5.41, 5.74) is 2.21. The highest BCUT2D eigenvalue weighted by atomic mass is 16.2. The maximum atomic E-state index is 12.5. The number of aryl methyl sites for hydroxylation is 1. The summed E-state index contributed by atoms with van der Waals surface area (Å²) >= 11 is 0. The van der Waals surface area contributed by atoms with Gasteiger partial charge < -0.3 is 10.2 Å². The third kappa shape index (κ3) is 6.43. The predicted molar refractivity (Wildman–Crippen MR) is 93.9 cm³/mol. The monoisotopic (exact) mass is 318 g/mol. The van der Waals surface area contributed by atoms with Gasteiger partial charge in [-0.1, -0.05) is 50.6 Å². The second-order valence-corrected chi connectivity index (χ2v) is 6.58. The Bertz CT molecular complexity index is 526. The topological polar surface area (TPSA) is 49.4 Å². The first-order valence-corrected chi connectivity index (χ1v) is 8.47. The highest BCUT2D eigenvalue weighted by molar-refractivity contribution is 5.87. The van der Waals surface area contributed by atoms with E-state index in [-0.39, 0.29) is 11.8 Å². The maximum absolute atomic E-state index is 12.5. The van der Waals surface area contributed by atoms with Crippen molar-refractivity contribution in [2.24, 2.45) is 5.92 Å². The zero-order valence-corrected chi connectivity index (χ0v) is 15.1. The van der Waals surface area contributed by atoms with Gasteiger partial charge in [0.15, 0.2) is 0 Å². The second kappa shape index (κ2) is 9.33. The molecule has 0 saturated carbocycles. The minimum atomic E-state index is -0.465. The Labute approximate surface area is 140 Å². The molecule has 0 aliphatic heterocycles. The molecule has 4 heteroatoms. The Morgan fingerprint density at radius 1 is 1.22 bits per heavy atom. The van der Waals surface area contributed by atoms with Crippen LogP contribution in [0.2, 0.25) is 0 Å². The Hall–Kier alpha value is -1.84. The summed E-state index contributed by atoms with van der Waals surface area (Å²) in [4.78, 5) is 26.5. The number of carbonyl (C=O) groups is 2. The van der Waals surface area contributed by atoms with Gasteiger partial charge in [-0.15, -0.1) is 0 Å². The fourth-order valence-electron chi connectivity index (χ4n) is 2.40. The van der Waals surface area contributed by atoms with Crippen molar-refractivity contribution in [2.75, 3.05) is 6.54 Å². The highest BCUT2D eigenvalue weighted by Gasteiger charge is 2.25. The Morgan fingerprint density at radius 3 is 2.48 bits per heavy atom. The molecular weight excluding hydrogens is 288 g/mol. The van der Waals surface area contributed by atoms with Gasteiger partial charge in [-0.3, -0.25) is 9.59 Å². The number of nitrogens with one attached hydrogen (secondary N) is 1. The molecule has 1 aromatic carbocycles. The molecule has 1 aromatic rings. The molecule has 0 aliphatic carbocycles. The molecule has 1 rings (SSSR count). The van der Waals surface area contributed by atoms with Crippen LogP contribution < -0.4 is 5.32 Å². The van der Waals surface area contributed by atoms with Crippen molar-refractivity contribution in [1.82, 2.24) is 10.2 Å². The summed E-state index contributed by atoms with van der Waals surface area (Å²) in [7, 11) is 0. The van der Waals surface area contributed by atoms with E-state index in [0.29, 0.717) is 25.4 Å². The lowest BCUT2D eigenvalue weighted by molar-refractivity contribution is -0.140. The summed E-state index contributed by atoms with van der Waals surface area (Å²) in [5, 5.41) is 2.92. The van der Waals surface area contributed by atoms with Crippen molar-refractivity contribution in [1.29, 1.82) is 0 Å². The van der Waals surface area contributed by atoms with Gasteiger partial charge in [0, 0.05) is 19.5 Å². The molecule has 2 amide bonds. The standard InChI is InChI=1S/C19H30N2O2/c1-6-8-18(22)21(13-17-10-7-9-15(4)11-17)16(5)19(23)20-12-14(2)3/h7,9-11,14,16H,6,8,12-13H2,1-5H3,(H,20,23)/t16-/m0/s1. The van der Waals surface area contributed by atoms with E-state index in [4.69, 9.17) is 0 Å². The molecule has 0 aromatic heterocycles. The fourth-order valence-corrected chi connectivity index (χ4v) is 2.40. The highest BCUT2D eigenvalue weighted by Crippen LogP contribution is 2.13. The van der Waals surface area contributed by atoms with Crippen molar-refractivity contribution < 1.29 is 9.59 Å². The molecule has 0 heterocycles. The largest absolute Gasteiger partial charge is 0.354 e. The first-order chi connectivity index (χ1) is 10.8. The van der Waals surface area contributed by atoms with Gasteiger partial charge in [0.05, 0.1) is 0 Å². The minimum Gasteiger partial charge on any atom is -0.354 e. The van der Waals surface area contributed by atoms with Crippen LogP contribution in [0.15, 0.2) is 24.3 Å². The van der Waals surface area contributed by atoms with Crippen LogP contribution in [0, 0.1) is 12.8 Å². The van der Waals surface area contributed by atoms with Crippen LogP contribution in [0.25, 0.3) is 0 Å². The zero-order chi connectivity index (χ0) is 17.4. The van der Waals surface area contributed by atoms with Crippen molar-refractivity contribution in [3.05, 3.63) is 35.4 Å². The van der Waals surface area contributed by atoms with E-state index in [1.165, 1.54) is 0 Å². The normalized spacial score (nSPS) is 12.1. The summed E-state index contributed by atoms with van der Waals surface area (Å²) in [5.74, 6) is 0.333. The number of nitrogens with zero attached hydrogens (tertiary/aromatic N) is 1. The number of rotatable bonds is 8. The van der Waals surface area contributed by atoms with Crippen molar-refractivity contribution in [2.45, 2.75) is 60.0 Å². The van der Waals surface area contributed by atoms with E-state index in [1.807, 2.05) is 32.0 Å². The van der Waals surface area contributed by atoms with Crippen molar-refractivity contribution in [3.63, 3.8) is 0 Å². The van der Waals surface area contributed by atoms with Gasteiger partial charge in [-0.05, 0) is 31.7 Å². The predicted octanol–water partition coefficient (Wildman–Crippen LogP) is 3.28. The molecule has 0 radical (unpaired) electrons. The van der Waals surface area contributed by atoms with Gasteiger partial charge in [-0.25, -0.2) is 0 Å². The lowest BCUT2D eigenvalue weighted by Crippen LogP contribution is -2.48. The Kier molecular flexibility index (Phi) is 7.79. The van der Waals surface area contributed by atoms with E-state index in [2.05, 4.69) is 25.2 Å². The smallest absolute Gasteiger partial charge is 0.242 e. The Balaban J connectivity index is 2.86. The second-order valence-electron chi connectivity index (χ2n) is 6.58. The summed E-state index contributed by atoms with van der Waals surface area (Å²) < 4.78 is 0. The lowest BCUT2D eigenvalue weighted by atomic mass is 10.1. The van der Waals surface area contributed by atoms with E-state index < -0.39 is 6.04 Å². The van der Waals surface area contributed by atoms with Gasteiger partial charge in [0.1, 0.15) is 6.04 Å². The third-order valence-corrected chi connectivity index (χ3v) is 3.75. The molecule has 0 bridgehead atoms. The van der Waals surface area contributed by atoms with E-state index in [9.17, 15) is 9.59 Å². The van der Waals surface area contributed by atoms with Gasteiger partial charge in [0.25, 0.3) is 0 Å². The molecular formula is C19H30N2O2. The summed E-state index contributed by atoms with van der Waals surface area (Å²) in [6.45, 7) is 11.0. The van der Waals surface area contributed by atoms with Crippen LogP contribution in [0.3, 0.4) is 0 Å². The molecule has 0 aliphatic rings. The van der Waals surface area contributed by atoms with Crippen LogP contribution in [-0.2, 0) is 16.1 Å². The maximum Gasteiger partial charge on any atom is 0.242 e. The summed E-state index contributed by atoms with van der Waals surface area (Å²) in [6, 6.07) is 7.60. The third-order valence-electron chi connectivity index (χ3n) is 3.75. The summed E-state index contributed by atoms with van der Waals surface area (Å²) in [6.07, 6.45) is 1.25. The van der Waals surface area contributed by atoms with Crippen LogP contribution in [0.4, 0.5) is 0 Å². The molecule has 23 heavy (non-hydrogen) atoms. The lowest BCUT2D eigenvalue weighted by Gasteiger charge is -2.29. The van der Waals surface area contributed by atoms with Crippen molar-refractivity contribution in [3.8, 4) is 0 Å². The van der Waals surface area contributed by atoms with E-state index in [0.717, 1.165) is 17.5 Å². The Morgan fingerprint density at radius 2 is 1.91 bits per heavy atom. The van der Waals surface area contributed by atoms with E-state index >= 15 is 0 Å². The number of carbonyl (C=O) groups excluding carboxylic acids is 2. The molecule has 1 N–H and O–H groups in total. The molecule has 0 spiro atoms. The van der Waals surface area contributed by atoms with Crippen LogP contribution in [0.1, 0.15) is 51.7 Å². The quantitative estimate of drug-likeness (QED) is 0.799. The molecule has 1 atom stereocenters. The average Bonchev–Trinajstić information content (AvgIpc) is 2.49. The van der Waals surface area contributed by atoms with Crippen molar-refractivity contribution >= 4 is 11.8 Å². The zero-order valence-electron chi connectivity index (χ0n) is 15.1. The van der Waals surface area contributed by atoms with E-state index in [1.54, 1.807) is 11.8 Å². The number of amides is 2. The average molecular weight is 318 g/mol. The molecule has 0 saturated heterocycles. The molecule has 0 fully saturated rings. The minimum absolute atomic E-state index is 0.0289. The molecule has 4 nitrogen and oxygen atoms in total. The van der Waals surface area contributed by atoms with Crippen LogP contribution in [0.5, 0.6) is 0 Å². The number of hydrogen-bond donors (Lipinski definition) is 1. The van der Waals surface area contributed by atoms with Gasteiger partial charge in [0.2, 0.25) is 11.8 Å². The first kappa shape index (κ1) is 19.2. The van der Waals surface area contributed by atoms with Crippen LogP contribution >= 0.6 is 0 Å². The fraction of sp³-hybridized carbons (Fsp3) is 0.579. The number of hydrogen-bond acceptors (Lipinski definition) is 2. The number of benzene rings is 1.